The van der Waals surface area contributed by atoms with Crippen molar-refractivity contribution in [2.24, 2.45) is 16.3 Å². The number of nitrogens with one attached hydrogen (secondary N) is 2. The first-order valence-corrected chi connectivity index (χ1v) is 10.2. The van der Waals surface area contributed by atoms with Gasteiger partial charge in [-0.25, -0.2) is 0 Å². The second kappa shape index (κ2) is 8.54. The summed E-state index contributed by atoms with van der Waals surface area (Å²) in [4.78, 5) is 5.79. The van der Waals surface area contributed by atoms with Gasteiger partial charge in [0.2, 0.25) is 0 Å². The Balaban J connectivity index is 1.87. The van der Waals surface area contributed by atoms with Gasteiger partial charge >= 0.3 is 0 Å². The molecule has 142 valence electrons. The van der Waals surface area contributed by atoms with Crippen molar-refractivity contribution >= 4 is 17.3 Å². The van der Waals surface area contributed by atoms with Crippen LogP contribution in [0.1, 0.15) is 52.3 Å². The first kappa shape index (κ1) is 20.2. The van der Waals surface area contributed by atoms with Crippen LogP contribution in [0, 0.1) is 11.3 Å². The Hall–Kier alpha value is -1.07. The number of ether oxygens (including phenoxy) is 1. The highest BCUT2D eigenvalue weighted by atomic mass is 32.1. The predicted molar refractivity (Wildman–Crippen MR) is 109 cm³/mol. The predicted octanol–water partition coefficient (Wildman–Crippen LogP) is 4.03. The van der Waals surface area contributed by atoms with Crippen LogP contribution in [-0.4, -0.2) is 38.8 Å². The summed E-state index contributed by atoms with van der Waals surface area (Å²) in [6.07, 6.45) is 2.66. The number of rotatable bonds is 5. The molecule has 2 rings (SSSR count). The maximum Gasteiger partial charge on any atom is 0.191 e. The first-order valence-electron chi connectivity index (χ1n) is 9.34. The van der Waals surface area contributed by atoms with Gasteiger partial charge in [0, 0.05) is 43.0 Å². The van der Waals surface area contributed by atoms with Crippen LogP contribution in [0.3, 0.4) is 0 Å². The van der Waals surface area contributed by atoms with Crippen molar-refractivity contribution in [1.82, 2.24) is 10.6 Å². The summed E-state index contributed by atoms with van der Waals surface area (Å²) in [6.45, 7) is 14.0. The number of nitrogens with zero attached hydrogens (tertiary/aromatic N) is 1. The van der Waals surface area contributed by atoms with Gasteiger partial charge in [0.25, 0.3) is 0 Å². The fraction of sp³-hybridized carbons (Fsp3) is 0.750. The summed E-state index contributed by atoms with van der Waals surface area (Å²) in [6, 6.07) is 4.32. The quantitative estimate of drug-likeness (QED) is 0.612. The van der Waals surface area contributed by atoms with E-state index in [1.54, 1.807) is 0 Å². The molecule has 0 spiro atoms. The van der Waals surface area contributed by atoms with Crippen LogP contribution in [0.25, 0.3) is 0 Å². The number of hydrogen-bond donors (Lipinski definition) is 2. The fourth-order valence-electron chi connectivity index (χ4n) is 3.51. The van der Waals surface area contributed by atoms with Crippen LogP contribution in [0.5, 0.6) is 0 Å². The number of hydrogen-bond acceptors (Lipinski definition) is 3. The van der Waals surface area contributed by atoms with E-state index in [9.17, 15) is 0 Å². The SMILES string of the molecule is CN=C(NCC1CCCOC1C(C)(C)C)NCC(C)(C)c1cccs1. The molecule has 2 heterocycles. The van der Waals surface area contributed by atoms with Crippen molar-refractivity contribution in [3.8, 4) is 0 Å². The summed E-state index contributed by atoms with van der Waals surface area (Å²) in [5.41, 5.74) is 0.262. The van der Waals surface area contributed by atoms with E-state index in [4.69, 9.17) is 4.74 Å². The molecule has 1 aromatic heterocycles. The molecule has 0 aromatic carbocycles. The monoisotopic (exact) mass is 365 g/mol. The molecule has 0 amide bonds. The highest BCUT2D eigenvalue weighted by Gasteiger charge is 2.35. The fourth-order valence-corrected chi connectivity index (χ4v) is 4.37. The lowest BCUT2D eigenvalue weighted by Gasteiger charge is -2.40. The van der Waals surface area contributed by atoms with Crippen LogP contribution < -0.4 is 10.6 Å². The van der Waals surface area contributed by atoms with E-state index in [1.165, 1.54) is 11.3 Å². The maximum absolute atomic E-state index is 6.09. The Labute approximate surface area is 157 Å². The summed E-state index contributed by atoms with van der Waals surface area (Å²) in [5.74, 6) is 1.40. The normalized spacial score (nSPS) is 22.7. The lowest BCUT2D eigenvalue weighted by Crippen LogP contribution is -2.49. The summed E-state index contributed by atoms with van der Waals surface area (Å²) in [5, 5.41) is 9.16. The highest BCUT2D eigenvalue weighted by molar-refractivity contribution is 7.10. The summed E-state index contributed by atoms with van der Waals surface area (Å²) < 4.78 is 6.09. The second-order valence-electron chi connectivity index (χ2n) is 8.73. The average Bonchev–Trinajstić information content (AvgIpc) is 3.10. The maximum atomic E-state index is 6.09. The van der Waals surface area contributed by atoms with Gasteiger partial charge in [-0.3, -0.25) is 4.99 Å². The molecule has 5 heteroatoms. The minimum atomic E-state index is 0.0910. The van der Waals surface area contributed by atoms with E-state index in [-0.39, 0.29) is 10.8 Å². The first-order chi connectivity index (χ1) is 11.7. The molecule has 1 aromatic rings. The van der Waals surface area contributed by atoms with Crippen molar-refractivity contribution in [1.29, 1.82) is 0 Å². The van der Waals surface area contributed by atoms with E-state index in [0.29, 0.717) is 12.0 Å². The smallest absolute Gasteiger partial charge is 0.191 e. The zero-order chi connectivity index (χ0) is 18.5. The van der Waals surface area contributed by atoms with Gasteiger partial charge in [-0.1, -0.05) is 40.7 Å². The molecular weight excluding hydrogens is 330 g/mol. The minimum absolute atomic E-state index is 0.0910. The molecule has 0 bridgehead atoms. The molecule has 2 atom stereocenters. The van der Waals surface area contributed by atoms with Gasteiger partial charge in [-0.15, -0.1) is 11.3 Å². The number of guanidine groups is 1. The molecule has 2 N–H and O–H groups in total. The standard InChI is InChI=1S/C20H35N3OS/c1-19(2,3)17-15(9-7-11-24-17)13-22-18(21-6)23-14-20(4,5)16-10-8-12-25-16/h8,10,12,15,17H,7,9,11,13-14H2,1-6H3,(H2,21,22,23). The third-order valence-electron chi connectivity index (χ3n) is 4.94. The molecule has 2 unspecified atom stereocenters. The highest BCUT2D eigenvalue weighted by Crippen LogP contribution is 2.33. The van der Waals surface area contributed by atoms with Gasteiger partial charge < -0.3 is 15.4 Å². The Morgan fingerprint density at radius 2 is 2.04 bits per heavy atom. The van der Waals surface area contributed by atoms with E-state index < -0.39 is 0 Å². The number of thiophene rings is 1. The van der Waals surface area contributed by atoms with Crippen molar-refractivity contribution in [3.63, 3.8) is 0 Å². The zero-order valence-electron chi connectivity index (χ0n) is 16.7. The van der Waals surface area contributed by atoms with Gasteiger partial charge in [-0.2, -0.15) is 0 Å². The topological polar surface area (TPSA) is 45.7 Å². The molecule has 0 radical (unpaired) electrons. The lowest BCUT2D eigenvalue weighted by atomic mass is 9.78. The van der Waals surface area contributed by atoms with Gasteiger partial charge in [-0.05, 0) is 29.7 Å². The van der Waals surface area contributed by atoms with Crippen LogP contribution in [0.2, 0.25) is 0 Å². The van der Waals surface area contributed by atoms with Crippen LogP contribution in [-0.2, 0) is 10.2 Å². The van der Waals surface area contributed by atoms with Crippen molar-refractivity contribution < 1.29 is 4.74 Å². The molecule has 0 saturated carbocycles. The average molecular weight is 366 g/mol. The second-order valence-corrected chi connectivity index (χ2v) is 9.68. The van der Waals surface area contributed by atoms with Gasteiger partial charge in [0.1, 0.15) is 0 Å². The third-order valence-corrected chi connectivity index (χ3v) is 6.18. The Bertz CT molecular complexity index is 546. The van der Waals surface area contributed by atoms with Crippen molar-refractivity contribution in [2.45, 2.75) is 59.0 Å². The molecule has 1 saturated heterocycles. The Kier molecular flexibility index (Phi) is 6.92. The summed E-state index contributed by atoms with van der Waals surface area (Å²) in [7, 11) is 1.84. The molecule has 25 heavy (non-hydrogen) atoms. The van der Waals surface area contributed by atoms with Crippen molar-refractivity contribution in [3.05, 3.63) is 22.4 Å². The molecule has 1 aliphatic heterocycles. The molecule has 1 fully saturated rings. The van der Waals surface area contributed by atoms with Crippen molar-refractivity contribution in [2.75, 3.05) is 26.7 Å². The van der Waals surface area contributed by atoms with Crippen LogP contribution in [0.4, 0.5) is 0 Å². The third kappa shape index (κ3) is 5.71. The molecular formula is C20H35N3OS. The molecule has 4 nitrogen and oxygen atoms in total. The number of aliphatic imine (C=N–C) groups is 1. The van der Waals surface area contributed by atoms with E-state index in [2.05, 4.69) is 67.8 Å². The Morgan fingerprint density at radius 3 is 2.64 bits per heavy atom. The largest absolute Gasteiger partial charge is 0.377 e. The Morgan fingerprint density at radius 1 is 1.28 bits per heavy atom. The summed E-state index contributed by atoms with van der Waals surface area (Å²) >= 11 is 1.81. The van der Waals surface area contributed by atoms with E-state index in [0.717, 1.165) is 32.1 Å². The van der Waals surface area contributed by atoms with Gasteiger partial charge in [0.05, 0.1) is 6.10 Å². The van der Waals surface area contributed by atoms with E-state index >= 15 is 0 Å². The zero-order valence-corrected chi connectivity index (χ0v) is 17.5. The molecule has 0 aliphatic carbocycles. The van der Waals surface area contributed by atoms with Crippen LogP contribution >= 0.6 is 11.3 Å². The minimum Gasteiger partial charge on any atom is -0.377 e. The lowest BCUT2D eigenvalue weighted by molar-refractivity contribution is -0.0835. The molecule has 1 aliphatic rings. The van der Waals surface area contributed by atoms with Gasteiger partial charge in [0.15, 0.2) is 5.96 Å². The van der Waals surface area contributed by atoms with Crippen LogP contribution in [0.15, 0.2) is 22.5 Å². The van der Waals surface area contributed by atoms with E-state index in [1.807, 2.05) is 18.4 Å².